The number of hydrogen-bond donors (Lipinski definition) is 1. The lowest BCUT2D eigenvalue weighted by Crippen LogP contribution is -2.40. The molecule has 0 aromatic carbocycles. The zero-order chi connectivity index (χ0) is 14.8. The number of aromatic nitrogens is 4. The largest absolute Gasteiger partial charge is 0.351 e. The molecule has 2 rings (SSSR count). The number of rotatable bonds is 5. The highest BCUT2D eigenvalue weighted by Gasteiger charge is 2.30. The van der Waals surface area contributed by atoms with Crippen molar-refractivity contribution in [3.8, 4) is 0 Å². The van der Waals surface area contributed by atoms with Crippen molar-refractivity contribution in [1.29, 1.82) is 0 Å². The number of carbonyl (C=O) groups is 1. The standard InChI is InChI=1S/C10H17N5O3S2/c1-3-15-10(12-13-14-15)19-7(2)9(16)11-8-4-5-20(17,18)6-8/h7-8H,3-6H2,1-2H3,(H,11,16). The van der Waals surface area contributed by atoms with Crippen molar-refractivity contribution < 1.29 is 13.2 Å². The van der Waals surface area contributed by atoms with Gasteiger partial charge in [0.25, 0.3) is 0 Å². The monoisotopic (exact) mass is 319 g/mol. The maximum absolute atomic E-state index is 12.0. The lowest BCUT2D eigenvalue weighted by Gasteiger charge is -2.15. The maximum atomic E-state index is 12.0. The number of carbonyl (C=O) groups excluding carboxylic acids is 1. The van der Waals surface area contributed by atoms with Gasteiger partial charge in [0.15, 0.2) is 9.84 Å². The van der Waals surface area contributed by atoms with E-state index in [-0.39, 0.29) is 28.7 Å². The molecule has 1 fully saturated rings. The minimum atomic E-state index is -2.99. The molecule has 8 nitrogen and oxygen atoms in total. The van der Waals surface area contributed by atoms with E-state index in [2.05, 4.69) is 20.8 Å². The zero-order valence-electron chi connectivity index (χ0n) is 11.3. The lowest BCUT2D eigenvalue weighted by molar-refractivity contribution is -0.120. The maximum Gasteiger partial charge on any atom is 0.233 e. The van der Waals surface area contributed by atoms with Gasteiger partial charge in [-0.25, -0.2) is 13.1 Å². The third-order valence-corrected chi connectivity index (χ3v) is 5.87. The average molecular weight is 319 g/mol. The minimum absolute atomic E-state index is 0.0306. The van der Waals surface area contributed by atoms with E-state index in [1.807, 2.05) is 6.92 Å². The van der Waals surface area contributed by atoms with Crippen LogP contribution in [0.25, 0.3) is 0 Å². The second kappa shape index (κ2) is 6.08. The van der Waals surface area contributed by atoms with E-state index in [1.54, 1.807) is 11.6 Å². The summed E-state index contributed by atoms with van der Waals surface area (Å²) in [6, 6.07) is -0.280. The molecule has 0 bridgehead atoms. The fraction of sp³-hybridized carbons (Fsp3) is 0.800. The van der Waals surface area contributed by atoms with E-state index in [0.29, 0.717) is 18.1 Å². The van der Waals surface area contributed by atoms with Crippen molar-refractivity contribution in [3.63, 3.8) is 0 Å². The molecule has 2 heterocycles. The lowest BCUT2D eigenvalue weighted by atomic mass is 10.2. The van der Waals surface area contributed by atoms with Crippen molar-refractivity contribution in [2.24, 2.45) is 0 Å². The molecule has 1 saturated heterocycles. The SMILES string of the molecule is CCn1nnnc1SC(C)C(=O)NC1CCS(=O)(=O)C1. The van der Waals surface area contributed by atoms with Crippen LogP contribution in [0, 0.1) is 0 Å². The van der Waals surface area contributed by atoms with Crippen molar-refractivity contribution >= 4 is 27.5 Å². The van der Waals surface area contributed by atoms with Crippen molar-refractivity contribution in [2.75, 3.05) is 11.5 Å². The molecule has 0 spiro atoms. The highest BCUT2D eigenvalue weighted by molar-refractivity contribution is 8.00. The van der Waals surface area contributed by atoms with E-state index in [4.69, 9.17) is 0 Å². The van der Waals surface area contributed by atoms with Gasteiger partial charge in [0.1, 0.15) is 0 Å². The minimum Gasteiger partial charge on any atom is -0.351 e. The molecule has 2 unspecified atom stereocenters. The first-order valence-corrected chi connectivity index (χ1v) is 9.05. The number of sulfone groups is 1. The predicted molar refractivity (Wildman–Crippen MR) is 74.0 cm³/mol. The molecular formula is C10H17N5O3S2. The molecule has 0 aliphatic carbocycles. The van der Waals surface area contributed by atoms with Crippen LogP contribution in [0.1, 0.15) is 20.3 Å². The third kappa shape index (κ3) is 3.69. The van der Waals surface area contributed by atoms with Gasteiger partial charge >= 0.3 is 0 Å². The van der Waals surface area contributed by atoms with Crippen LogP contribution >= 0.6 is 11.8 Å². The van der Waals surface area contributed by atoms with E-state index >= 15 is 0 Å². The number of nitrogens with zero attached hydrogens (tertiary/aromatic N) is 4. The molecule has 1 N–H and O–H groups in total. The van der Waals surface area contributed by atoms with Gasteiger partial charge < -0.3 is 5.32 Å². The van der Waals surface area contributed by atoms with Crippen LogP contribution in [0.5, 0.6) is 0 Å². The second-order valence-electron chi connectivity index (χ2n) is 4.65. The third-order valence-electron chi connectivity index (χ3n) is 3.03. The van der Waals surface area contributed by atoms with Crippen LogP contribution in [0.3, 0.4) is 0 Å². The quantitative estimate of drug-likeness (QED) is 0.727. The summed E-state index contributed by atoms with van der Waals surface area (Å²) in [4.78, 5) is 12.0. The normalized spacial score (nSPS) is 22.6. The first kappa shape index (κ1) is 15.2. The van der Waals surface area contributed by atoms with Crippen LogP contribution in [-0.2, 0) is 21.2 Å². The smallest absolute Gasteiger partial charge is 0.233 e. The molecule has 1 aliphatic rings. The molecule has 1 amide bonds. The van der Waals surface area contributed by atoms with Crippen LogP contribution in [0.4, 0.5) is 0 Å². The Labute approximate surface area is 121 Å². The molecule has 1 aromatic rings. The predicted octanol–water partition coefficient (Wildman–Crippen LogP) is -0.523. The Balaban J connectivity index is 1.89. The van der Waals surface area contributed by atoms with Gasteiger partial charge in [-0.15, -0.1) is 5.10 Å². The Morgan fingerprint density at radius 1 is 1.60 bits per heavy atom. The van der Waals surface area contributed by atoms with Crippen molar-refractivity contribution in [1.82, 2.24) is 25.5 Å². The molecule has 10 heteroatoms. The number of nitrogens with one attached hydrogen (secondary N) is 1. The Bertz CT molecular complexity index is 585. The Morgan fingerprint density at radius 2 is 2.35 bits per heavy atom. The number of thioether (sulfide) groups is 1. The van der Waals surface area contributed by atoms with Gasteiger partial charge in [-0.2, -0.15) is 0 Å². The number of amides is 1. The van der Waals surface area contributed by atoms with E-state index < -0.39 is 9.84 Å². The van der Waals surface area contributed by atoms with E-state index in [1.165, 1.54) is 11.8 Å². The summed E-state index contributed by atoms with van der Waals surface area (Å²) >= 11 is 1.26. The van der Waals surface area contributed by atoms with Crippen LogP contribution in [0.15, 0.2) is 5.16 Å². The van der Waals surface area contributed by atoms with Gasteiger partial charge in [0.2, 0.25) is 11.1 Å². The molecular weight excluding hydrogens is 302 g/mol. The van der Waals surface area contributed by atoms with Crippen LogP contribution in [0.2, 0.25) is 0 Å². The summed E-state index contributed by atoms with van der Waals surface area (Å²) in [7, 11) is -2.99. The van der Waals surface area contributed by atoms with Crippen molar-refractivity contribution in [2.45, 2.75) is 43.3 Å². The Kier molecular flexibility index (Phi) is 4.63. The summed E-state index contributed by atoms with van der Waals surface area (Å²) in [5, 5.41) is 14.2. The van der Waals surface area contributed by atoms with E-state index in [0.717, 1.165) is 0 Å². The van der Waals surface area contributed by atoms with Crippen LogP contribution < -0.4 is 5.32 Å². The summed E-state index contributed by atoms with van der Waals surface area (Å²) in [5.74, 6) is -0.0149. The Hall–Kier alpha value is -1.16. The summed E-state index contributed by atoms with van der Waals surface area (Å²) < 4.78 is 24.3. The molecule has 20 heavy (non-hydrogen) atoms. The molecule has 0 radical (unpaired) electrons. The highest BCUT2D eigenvalue weighted by Crippen LogP contribution is 2.21. The number of aryl methyl sites for hydroxylation is 1. The summed E-state index contributed by atoms with van der Waals surface area (Å²) in [6.07, 6.45) is 0.484. The molecule has 2 atom stereocenters. The van der Waals surface area contributed by atoms with Gasteiger partial charge in [0, 0.05) is 12.6 Å². The van der Waals surface area contributed by atoms with Crippen LogP contribution in [-0.4, -0.2) is 57.3 Å². The first-order valence-electron chi connectivity index (χ1n) is 6.35. The van der Waals surface area contributed by atoms with Gasteiger partial charge in [0.05, 0.1) is 16.8 Å². The summed E-state index contributed by atoms with van der Waals surface area (Å²) in [6.45, 7) is 4.29. The van der Waals surface area contributed by atoms with E-state index in [9.17, 15) is 13.2 Å². The fourth-order valence-corrected chi connectivity index (χ4v) is 4.45. The first-order chi connectivity index (χ1) is 9.41. The fourth-order valence-electron chi connectivity index (χ4n) is 1.92. The molecule has 112 valence electrons. The van der Waals surface area contributed by atoms with Gasteiger partial charge in [-0.3, -0.25) is 4.79 Å². The van der Waals surface area contributed by atoms with Gasteiger partial charge in [-0.1, -0.05) is 11.8 Å². The van der Waals surface area contributed by atoms with Gasteiger partial charge in [-0.05, 0) is 30.7 Å². The molecule has 0 saturated carbocycles. The zero-order valence-corrected chi connectivity index (χ0v) is 12.9. The number of hydrogen-bond acceptors (Lipinski definition) is 7. The summed E-state index contributed by atoms with van der Waals surface area (Å²) in [5.41, 5.74) is 0. The highest BCUT2D eigenvalue weighted by atomic mass is 32.2. The average Bonchev–Trinajstić information content (AvgIpc) is 2.95. The molecule has 1 aliphatic heterocycles. The topological polar surface area (TPSA) is 107 Å². The Morgan fingerprint density at radius 3 is 2.95 bits per heavy atom. The van der Waals surface area contributed by atoms with Crippen molar-refractivity contribution in [3.05, 3.63) is 0 Å². The molecule has 1 aromatic heterocycles. The number of tetrazole rings is 1. The second-order valence-corrected chi connectivity index (χ2v) is 8.18.